The third-order valence-electron chi connectivity index (χ3n) is 1.46. The molecule has 0 aromatic rings. The summed E-state index contributed by atoms with van der Waals surface area (Å²) in [4.78, 5) is 0. The number of allylic oxidation sites excluding steroid dienone is 1. The molecule has 0 unspecified atom stereocenters. The van der Waals surface area contributed by atoms with E-state index in [4.69, 9.17) is 4.43 Å². The van der Waals surface area contributed by atoms with Crippen LogP contribution in [0.4, 0.5) is 0 Å². The SMILES string of the molecule is CCSC(O[Si](C)(C)C)=C1CC1. The zero-order chi connectivity index (χ0) is 9.19. The van der Waals surface area contributed by atoms with Crippen molar-refractivity contribution in [2.75, 3.05) is 5.75 Å². The highest BCUT2D eigenvalue weighted by molar-refractivity contribution is 8.02. The average molecular weight is 202 g/mol. The third kappa shape index (κ3) is 3.67. The highest BCUT2D eigenvalue weighted by Gasteiger charge is 2.24. The van der Waals surface area contributed by atoms with Gasteiger partial charge in [-0.05, 0) is 43.8 Å². The van der Waals surface area contributed by atoms with Crippen molar-refractivity contribution in [2.24, 2.45) is 0 Å². The van der Waals surface area contributed by atoms with Gasteiger partial charge in [-0.3, -0.25) is 0 Å². The van der Waals surface area contributed by atoms with Crippen molar-refractivity contribution in [2.45, 2.75) is 39.4 Å². The fourth-order valence-corrected chi connectivity index (χ4v) is 3.24. The van der Waals surface area contributed by atoms with E-state index in [1.807, 2.05) is 11.8 Å². The minimum atomic E-state index is -1.36. The molecule has 0 saturated heterocycles. The first-order valence-electron chi connectivity index (χ1n) is 4.57. The van der Waals surface area contributed by atoms with Crippen molar-refractivity contribution in [3.05, 3.63) is 10.7 Å². The van der Waals surface area contributed by atoms with Gasteiger partial charge in [-0.1, -0.05) is 18.7 Å². The molecule has 1 saturated carbocycles. The van der Waals surface area contributed by atoms with Gasteiger partial charge in [-0.15, -0.1) is 0 Å². The molecule has 0 heterocycles. The molecule has 1 nitrogen and oxygen atoms in total. The summed E-state index contributed by atoms with van der Waals surface area (Å²) in [6.07, 6.45) is 2.54. The monoisotopic (exact) mass is 202 g/mol. The molecule has 0 aliphatic heterocycles. The van der Waals surface area contributed by atoms with E-state index < -0.39 is 8.32 Å². The molecular formula is C9H18OSSi. The van der Waals surface area contributed by atoms with Gasteiger partial charge in [0.15, 0.2) is 0 Å². The molecular weight excluding hydrogens is 184 g/mol. The number of hydrogen-bond donors (Lipinski definition) is 0. The number of rotatable bonds is 4. The van der Waals surface area contributed by atoms with Crippen LogP contribution in [-0.4, -0.2) is 14.1 Å². The predicted octanol–water partition coefficient (Wildman–Crippen LogP) is 3.60. The maximum atomic E-state index is 5.98. The Hall–Kier alpha value is 0.107. The summed E-state index contributed by atoms with van der Waals surface area (Å²) in [5.41, 5.74) is 1.55. The van der Waals surface area contributed by atoms with Gasteiger partial charge in [0.1, 0.15) is 5.09 Å². The molecule has 0 N–H and O–H groups in total. The number of thioether (sulfide) groups is 1. The van der Waals surface area contributed by atoms with Gasteiger partial charge in [0.25, 0.3) is 0 Å². The van der Waals surface area contributed by atoms with Gasteiger partial charge in [0.2, 0.25) is 8.32 Å². The summed E-state index contributed by atoms with van der Waals surface area (Å²) in [5.74, 6) is 1.13. The predicted molar refractivity (Wildman–Crippen MR) is 58.8 cm³/mol. The van der Waals surface area contributed by atoms with E-state index >= 15 is 0 Å². The summed E-state index contributed by atoms with van der Waals surface area (Å²) < 4.78 is 5.98. The van der Waals surface area contributed by atoms with Crippen molar-refractivity contribution >= 4 is 20.1 Å². The Labute approximate surface area is 80.7 Å². The summed E-state index contributed by atoms with van der Waals surface area (Å²) in [7, 11) is -1.36. The van der Waals surface area contributed by atoms with Crippen LogP contribution in [0.5, 0.6) is 0 Å². The van der Waals surface area contributed by atoms with Gasteiger partial charge < -0.3 is 4.43 Å². The molecule has 1 aliphatic carbocycles. The molecule has 1 rings (SSSR count). The van der Waals surface area contributed by atoms with E-state index in [9.17, 15) is 0 Å². The Morgan fingerprint density at radius 1 is 1.42 bits per heavy atom. The Morgan fingerprint density at radius 2 is 2.00 bits per heavy atom. The Bertz CT molecular complexity index is 187. The van der Waals surface area contributed by atoms with E-state index in [0.717, 1.165) is 5.75 Å². The van der Waals surface area contributed by atoms with Crippen LogP contribution >= 0.6 is 11.8 Å². The first-order chi connectivity index (χ1) is 5.53. The van der Waals surface area contributed by atoms with E-state index in [0.29, 0.717) is 0 Å². The first-order valence-corrected chi connectivity index (χ1v) is 8.96. The van der Waals surface area contributed by atoms with Gasteiger partial charge in [-0.2, -0.15) is 0 Å². The summed E-state index contributed by atoms with van der Waals surface area (Å²) >= 11 is 1.87. The van der Waals surface area contributed by atoms with Crippen LogP contribution in [0.3, 0.4) is 0 Å². The minimum absolute atomic E-state index is 1.13. The second-order valence-corrected chi connectivity index (χ2v) is 9.70. The molecule has 0 radical (unpaired) electrons. The maximum absolute atomic E-state index is 5.98. The summed E-state index contributed by atoms with van der Waals surface area (Å²) in [6, 6.07) is 0. The van der Waals surface area contributed by atoms with E-state index in [1.54, 1.807) is 5.57 Å². The fraction of sp³-hybridized carbons (Fsp3) is 0.778. The quantitative estimate of drug-likeness (QED) is 0.509. The van der Waals surface area contributed by atoms with Gasteiger partial charge in [0, 0.05) is 0 Å². The van der Waals surface area contributed by atoms with Crippen molar-refractivity contribution in [3.63, 3.8) is 0 Å². The molecule has 1 aliphatic rings. The smallest absolute Gasteiger partial charge is 0.242 e. The molecule has 12 heavy (non-hydrogen) atoms. The Balaban J connectivity index is 2.51. The van der Waals surface area contributed by atoms with Crippen molar-refractivity contribution < 1.29 is 4.43 Å². The molecule has 0 atom stereocenters. The number of hydrogen-bond acceptors (Lipinski definition) is 2. The van der Waals surface area contributed by atoms with Crippen LogP contribution in [0.1, 0.15) is 19.8 Å². The minimum Gasteiger partial charge on any atom is -0.540 e. The zero-order valence-corrected chi connectivity index (χ0v) is 10.3. The van der Waals surface area contributed by atoms with Crippen LogP contribution in [0, 0.1) is 0 Å². The topological polar surface area (TPSA) is 9.23 Å². The van der Waals surface area contributed by atoms with Crippen LogP contribution in [-0.2, 0) is 4.43 Å². The summed E-state index contributed by atoms with van der Waals surface area (Å²) in [5, 5.41) is 1.25. The van der Waals surface area contributed by atoms with E-state index in [1.165, 1.54) is 17.9 Å². The van der Waals surface area contributed by atoms with Crippen LogP contribution in [0.25, 0.3) is 0 Å². The van der Waals surface area contributed by atoms with Gasteiger partial charge in [-0.25, -0.2) is 0 Å². The molecule has 0 aromatic carbocycles. The Morgan fingerprint density at radius 3 is 2.33 bits per heavy atom. The van der Waals surface area contributed by atoms with Gasteiger partial charge in [0.05, 0.1) is 0 Å². The summed E-state index contributed by atoms with van der Waals surface area (Å²) in [6.45, 7) is 8.91. The largest absolute Gasteiger partial charge is 0.540 e. The molecule has 0 spiro atoms. The zero-order valence-electron chi connectivity index (χ0n) is 8.44. The lowest BCUT2D eigenvalue weighted by Gasteiger charge is -2.20. The lowest BCUT2D eigenvalue weighted by atomic mass is 10.7. The highest BCUT2D eigenvalue weighted by atomic mass is 32.2. The van der Waals surface area contributed by atoms with E-state index in [-0.39, 0.29) is 0 Å². The first kappa shape index (κ1) is 10.2. The van der Waals surface area contributed by atoms with Crippen molar-refractivity contribution in [1.82, 2.24) is 0 Å². The molecule has 0 bridgehead atoms. The Kier molecular flexibility index (Phi) is 3.29. The van der Waals surface area contributed by atoms with Crippen molar-refractivity contribution in [3.8, 4) is 0 Å². The fourth-order valence-electron chi connectivity index (χ4n) is 0.880. The average Bonchev–Trinajstić information content (AvgIpc) is 2.63. The standard InChI is InChI=1S/C9H18OSSi/c1-5-11-9(8-6-7-8)10-12(2,3)4/h5-7H2,1-4H3. The molecule has 3 heteroatoms. The molecule has 70 valence electrons. The van der Waals surface area contributed by atoms with Gasteiger partial charge >= 0.3 is 0 Å². The lowest BCUT2D eigenvalue weighted by Crippen LogP contribution is -2.24. The second kappa shape index (κ2) is 3.88. The molecule has 0 amide bonds. The maximum Gasteiger partial charge on any atom is 0.242 e. The lowest BCUT2D eigenvalue weighted by molar-refractivity contribution is 0.461. The van der Waals surface area contributed by atoms with Crippen LogP contribution in [0.2, 0.25) is 19.6 Å². The van der Waals surface area contributed by atoms with Crippen LogP contribution < -0.4 is 0 Å². The van der Waals surface area contributed by atoms with E-state index in [2.05, 4.69) is 26.6 Å². The van der Waals surface area contributed by atoms with Crippen LogP contribution in [0.15, 0.2) is 10.7 Å². The second-order valence-electron chi connectivity index (χ2n) is 4.04. The third-order valence-corrected chi connectivity index (χ3v) is 3.35. The molecule has 0 aromatic heterocycles. The van der Waals surface area contributed by atoms with Crippen molar-refractivity contribution in [1.29, 1.82) is 0 Å². The highest BCUT2D eigenvalue weighted by Crippen LogP contribution is 2.38. The normalized spacial score (nSPS) is 16.2. The molecule has 1 fully saturated rings.